The fourth-order valence-corrected chi connectivity index (χ4v) is 0. The molecule has 0 aliphatic heterocycles. The van der Waals surface area contributed by atoms with E-state index in [1.165, 1.54) is 0 Å². The maximum atomic E-state index is 7.33. The van der Waals surface area contributed by atoms with Gasteiger partial charge < -0.3 is 28.9 Å². The van der Waals surface area contributed by atoms with Crippen molar-refractivity contribution in [3.05, 3.63) is 0 Å². The largest absolute Gasteiger partial charge is 2.00 e. The van der Waals surface area contributed by atoms with Crippen molar-refractivity contribution in [2.24, 2.45) is 0 Å². The Labute approximate surface area is 124 Å². The summed E-state index contributed by atoms with van der Waals surface area (Å²) in [6, 6.07) is 0. The Morgan fingerprint density at radius 2 is 1.00 bits per heavy atom. The van der Waals surface area contributed by atoms with Gasteiger partial charge in [0.2, 0.25) is 0 Å². The molecule has 0 amide bonds. The number of hydrogen-bond acceptors (Lipinski definition) is 4. The van der Waals surface area contributed by atoms with Crippen LogP contribution in [0.15, 0.2) is 0 Å². The van der Waals surface area contributed by atoms with Crippen molar-refractivity contribution in [3.63, 3.8) is 0 Å². The van der Waals surface area contributed by atoms with Crippen LogP contribution in [0.1, 0.15) is 4.28 Å². The van der Waals surface area contributed by atoms with E-state index in [1.807, 2.05) is 0 Å². The van der Waals surface area contributed by atoms with Gasteiger partial charge in [0.1, 0.15) is 0 Å². The molecule has 10 heavy (non-hydrogen) atoms. The average molecular weight is 250 g/mol. The van der Waals surface area contributed by atoms with Crippen LogP contribution >= 0.6 is 0 Å². The maximum absolute atomic E-state index is 7.33. The molecule has 10 heteroatoms. The van der Waals surface area contributed by atoms with Crippen LogP contribution in [0.4, 0.5) is 0 Å². The maximum Gasteiger partial charge on any atom is 2.00 e. The van der Waals surface area contributed by atoms with Crippen molar-refractivity contribution in [1.29, 1.82) is 0 Å². The molecule has 0 aromatic carbocycles. The van der Waals surface area contributed by atoms with Gasteiger partial charge in [0.15, 0.2) is 17.4 Å². The van der Waals surface area contributed by atoms with Gasteiger partial charge in [-0.2, -0.15) is 0 Å². The zero-order chi connectivity index (χ0) is 4.50. The minimum atomic E-state index is -4.61. The predicted octanol–water partition coefficient (Wildman–Crippen LogP) is -7.66. The molecule has 0 aromatic rings. The van der Waals surface area contributed by atoms with Crippen molar-refractivity contribution < 1.29 is 75.6 Å². The Kier molecular flexibility index (Phi) is 68.5. The zero-order valence-electron chi connectivity index (χ0n) is 7.85. The zero-order valence-corrected chi connectivity index (χ0v) is 10.4. The first-order valence-electron chi connectivity index (χ1n) is 0.894. The van der Waals surface area contributed by atoms with Crippen molar-refractivity contribution >= 4 is 49.5 Å². The number of rotatable bonds is 0. The monoisotopic (exact) mass is 250 g/mol. The van der Waals surface area contributed by atoms with E-state index in [9.17, 15) is 0 Å². The molecule has 0 bridgehead atoms. The first-order valence-corrected chi connectivity index (χ1v) is 2.68. The first-order chi connectivity index (χ1) is 2.00. The van der Waals surface area contributed by atoms with Crippen molar-refractivity contribution in [3.8, 4) is 0 Å². The van der Waals surface area contributed by atoms with Gasteiger partial charge in [-0.1, -0.05) is 0 Å². The van der Waals surface area contributed by atoms with Gasteiger partial charge >= 0.3 is 61.7 Å². The van der Waals surface area contributed by atoms with Crippen molar-refractivity contribution in [1.82, 2.24) is 0 Å². The third kappa shape index (κ3) is 130. The fourth-order valence-electron chi connectivity index (χ4n) is 0. The molecular weight excluding hydrogens is 238 g/mol. The minimum Gasteiger partial charge on any atom is -1.00 e. The van der Waals surface area contributed by atoms with Gasteiger partial charge in [0.25, 0.3) is 0 Å². The van der Waals surface area contributed by atoms with E-state index in [0.717, 1.165) is 0 Å². The summed E-state index contributed by atoms with van der Waals surface area (Å²) in [6.45, 7) is 0. The van der Waals surface area contributed by atoms with Crippen LogP contribution in [-0.4, -0.2) is 74.1 Å². The van der Waals surface area contributed by atoms with E-state index in [1.54, 1.807) is 0 Å². The van der Waals surface area contributed by atoms with Crippen LogP contribution < -0.4 is 29.6 Å². The molecule has 0 aromatic heterocycles. The molecule has 0 rings (SSSR count). The van der Waals surface area contributed by atoms with Gasteiger partial charge in [0.05, 0.1) is 0 Å². The van der Waals surface area contributed by atoms with E-state index >= 15 is 0 Å². The summed E-state index contributed by atoms with van der Waals surface area (Å²) in [5.74, 6) is 0. The molecule has 0 heterocycles. The normalized spacial score (nSPS) is 6.00. The van der Waals surface area contributed by atoms with E-state index in [2.05, 4.69) is 0 Å². The number of hydrogen-bond donors (Lipinski definition) is 4. The molecule has 0 saturated heterocycles. The molecule has 0 atom stereocenters. The average Bonchev–Trinajstić information content (AvgIpc) is 0.722. The first kappa shape index (κ1) is 38.5. The van der Waals surface area contributed by atoms with Crippen LogP contribution in [0.5, 0.6) is 0 Å². The molecular formula is H12AlFeMgNaO5Si. The van der Waals surface area contributed by atoms with Gasteiger partial charge in [-0.05, 0) is 0 Å². The topological polar surface area (TPSA) is 112 Å². The van der Waals surface area contributed by atoms with Crippen LogP contribution in [-0.2, 0) is 17.1 Å². The summed E-state index contributed by atoms with van der Waals surface area (Å²) in [6.07, 6.45) is 0. The Balaban J connectivity index is -0.00000000286. The Morgan fingerprint density at radius 3 is 1.00 bits per heavy atom. The second-order valence-corrected chi connectivity index (χ2v) is 1.80. The summed E-state index contributed by atoms with van der Waals surface area (Å²) in [5.41, 5.74) is 0. The van der Waals surface area contributed by atoms with Gasteiger partial charge in [-0.3, -0.25) is 0 Å². The molecule has 60 valence electrons. The van der Waals surface area contributed by atoms with Crippen molar-refractivity contribution in [2.45, 2.75) is 0 Å². The Bertz CT molecular complexity index is 47.3. The molecule has 0 aliphatic carbocycles. The summed E-state index contributed by atoms with van der Waals surface area (Å²) in [5, 5.41) is 0. The van der Waals surface area contributed by atoms with E-state index in [4.69, 9.17) is 19.2 Å². The van der Waals surface area contributed by atoms with E-state index in [-0.39, 0.29) is 96.8 Å². The quantitative estimate of drug-likeness (QED) is 0.320. The van der Waals surface area contributed by atoms with Gasteiger partial charge in [-0.15, -0.1) is 0 Å². The third-order valence-electron chi connectivity index (χ3n) is 0. The Hall–Kier alpha value is 2.84. The molecule has 5 nitrogen and oxygen atoms in total. The third-order valence-corrected chi connectivity index (χ3v) is 0. The van der Waals surface area contributed by atoms with Crippen LogP contribution in [0.3, 0.4) is 0 Å². The minimum absolute atomic E-state index is 0. The summed E-state index contributed by atoms with van der Waals surface area (Å²) in [4.78, 5) is 29.3. The summed E-state index contributed by atoms with van der Waals surface area (Å²) >= 11 is 0. The van der Waals surface area contributed by atoms with Crippen LogP contribution in [0.2, 0.25) is 0 Å². The molecule has 0 unspecified atom stereocenters. The standard InChI is InChI=1S/Al.Fe.Mg.Na.H4O4Si.H2O.6H/c;;;;1-5(2,3)4;;;;;;;/h;;;;1-4H;1H2;;;;;;/q;;+2;+1;;;;;;3*-1. The smallest absolute Gasteiger partial charge is 1.00 e. The Morgan fingerprint density at radius 1 is 1.00 bits per heavy atom. The van der Waals surface area contributed by atoms with Crippen LogP contribution in [0.25, 0.3) is 0 Å². The molecule has 0 aliphatic rings. The fraction of sp³-hybridized carbons (Fsp3) is 0. The summed E-state index contributed by atoms with van der Waals surface area (Å²) in [7, 11) is -4.61. The summed E-state index contributed by atoms with van der Waals surface area (Å²) < 4.78 is 0. The molecule has 0 radical (unpaired) electrons. The second-order valence-electron chi connectivity index (χ2n) is 0.600. The van der Waals surface area contributed by atoms with E-state index < -0.39 is 9.05 Å². The second kappa shape index (κ2) is 17.8. The molecule has 0 fully saturated rings. The molecule has 0 spiro atoms. The van der Waals surface area contributed by atoms with Gasteiger partial charge in [0, 0.05) is 17.1 Å². The SMILES string of the molecule is O.O[Si](O)(O)O.[AlH3].[Fe].[H-].[H-].[H-].[Mg+2].[Na+]. The predicted molar refractivity (Wildman–Crippen MR) is 37.3 cm³/mol. The van der Waals surface area contributed by atoms with Crippen molar-refractivity contribution in [2.75, 3.05) is 0 Å². The molecule has 0 saturated carbocycles. The van der Waals surface area contributed by atoms with Crippen LogP contribution in [0, 0.1) is 0 Å². The van der Waals surface area contributed by atoms with Gasteiger partial charge in [-0.25, -0.2) is 0 Å². The molecule has 6 N–H and O–H groups in total. The van der Waals surface area contributed by atoms with E-state index in [0.29, 0.717) is 0 Å².